The molecule has 5 nitrogen and oxygen atoms in total. The van der Waals surface area contributed by atoms with Gasteiger partial charge < -0.3 is 15.7 Å². The molecular formula is C14H26N2O3S. The molecule has 0 saturated heterocycles. The van der Waals surface area contributed by atoms with Crippen molar-refractivity contribution in [3.05, 3.63) is 0 Å². The van der Waals surface area contributed by atoms with E-state index in [2.05, 4.69) is 16.9 Å². The van der Waals surface area contributed by atoms with Crippen LogP contribution in [0.4, 0.5) is 4.79 Å². The number of urea groups is 1. The Balaban J connectivity index is 2.17. The maximum Gasteiger partial charge on any atom is 0.315 e. The fourth-order valence-corrected chi connectivity index (χ4v) is 3.29. The molecule has 1 aliphatic carbocycles. The van der Waals surface area contributed by atoms with Gasteiger partial charge in [0.15, 0.2) is 0 Å². The summed E-state index contributed by atoms with van der Waals surface area (Å²) in [6.45, 7) is 2.48. The van der Waals surface area contributed by atoms with Crippen LogP contribution in [0.25, 0.3) is 0 Å². The number of carboxylic acids is 1. The Bertz CT molecular complexity index is 326. The van der Waals surface area contributed by atoms with Gasteiger partial charge in [-0.05, 0) is 37.9 Å². The number of hydrogen-bond donors (Lipinski definition) is 3. The predicted molar refractivity (Wildman–Crippen MR) is 82.1 cm³/mol. The van der Waals surface area contributed by atoms with Gasteiger partial charge in [0.25, 0.3) is 0 Å². The molecule has 1 saturated carbocycles. The van der Waals surface area contributed by atoms with Gasteiger partial charge in [0.05, 0.1) is 0 Å². The molecule has 6 heteroatoms. The van der Waals surface area contributed by atoms with Crippen molar-refractivity contribution in [3.63, 3.8) is 0 Å². The molecule has 1 fully saturated rings. The second-order valence-electron chi connectivity index (χ2n) is 5.61. The first-order valence-electron chi connectivity index (χ1n) is 7.30. The largest absolute Gasteiger partial charge is 0.481 e. The Labute approximate surface area is 125 Å². The maximum atomic E-state index is 11.8. The van der Waals surface area contributed by atoms with E-state index in [1.807, 2.05) is 18.7 Å². The SMILES string of the molecule is CSC1CCCC(NC(=O)NCC(C)CCC(=O)O)C1. The molecule has 3 unspecified atom stereocenters. The number of carbonyl (C=O) groups excluding carboxylic acids is 1. The zero-order chi connectivity index (χ0) is 15.0. The number of thioether (sulfide) groups is 1. The number of hydrogen-bond acceptors (Lipinski definition) is 3. The molecule has 3 atom stereocenters. The topological polar surface area (TPSA) is 78.4 Å². The first-order valence-corrected chi connectivity index (χ1v) is 8.59. The van der Waals surface area contributed by atoms with Gasteiger partial charge in [-0.1, -0.05) is 13.3 Å². The van der Waals surface area contributed by atoms with Crippen molar-refractivity contribution >= 4 is 23.8 Å². The van der Waals surface area contributed by atoms with Crippen LogP contribution < -0.4 is 10.6 Å². The highest BCUT2D eigenvalue weighted by Gasteiger charge is 2.22. The Morgan fingerprint density at radius 1 is 1.40 bits per heavy atom. The summed E-state index contributed by atoms with van der Waals surface area (Å²) < 4.78 is 0. The van der Waals surface area contributed by atoms with Gasteiger partial charge in [-0.15, -0.1) is 0 Å². The van der Waals surface area contributed by atoms with Gasteiger partial charge in [-0.2, -0.15) is 11.8 Å². The van der Waals surface area contributed by atoms with Gasteiger partial charge in [0, 0.05) is 24.3 Å². The van der Waals surface area contributed by atoms with Crippen molar-refractivity contribution in [1.82, 2.24) is 10.6 Å². The smallest absolute Gasteiger partial charge is 0.315 e. The second kappa shape index (κ2) is 9.10. The highest BCUT2D eigenvalue weighted by atomic mass is 32.2. The highest BCUT2D eigenvalue weighted by Crippen LogP contribution is 2.26. The number of amides is 2. The Morgan fingerprint density at radius 2 is 2.15 bits per heavy atom. The number of carboxylic acid groups (broad SMARTS) is 1. The molecular weight excluding hydrogens is 276 g/mol. The third kappa shape index (κ3) is 7.03. The van der Waals surface area contributed by atoms with Crippen LogP contribution in [-0.4, -0.2) is 41.2 Å². The van der Waals surface area contributed by atoms with Crippen molar-refractivity contribution in [2.75, 3.05) is 12.8 Å². The van der Waals surface area contributed by atoms with Crippen LogP contribution >= 0.6 is 11.8 Å². The summed E-state index contributed by atoms with van der Waals surface area (Å²) in [5.74, 6) is -0.603. The minimum atomic E-state index is -0.786. The number of rotatable bonds is 7. The summed E-state index contributed by atoms with van der Waals surface area (Å²) in [7, 11) is 0. The van der Waals surface area contributed by atoms with Gasteiger partial charge >= 0.3 is 12.0 Å². The van der Waals surface area contributed by atoms with E-state index < -0.39 is 5.97 Å². The van der Waals surface area contributed by atoms with E-state index in [1.54, 1.807) is 0 Å². The maximum absolute atomic E-state index is 11.8. The van der Waals surface area contributed by atoms with Crippen LogP contribution in [0.5, 0.6) is 0 Å². The molecule has 2 amide bonds. The predicted octanol–water partition coefficient (Wildman–Crippen LogP) is 2.46. The van der Waals surface area contributed by atoms with E-state index in [0.29, 0.717) is 18.2 Å². The first-order chi connectivity index (χ1) is 9.51. The Kier molecular flexibility index (Phi) is 7.80. The summed E-state index contributed by atoms with van der Waals surface area (Å²) in [5.41, 5.74) is 0. The van der Waals surface area contributed by atoms with E-state index in [4.69, 9.17) is 5.11 Å². The van der Waals surface area contributed by atoms with Crippen molar-refractivity contribution in [2.45, 2.75) is 56.7 Å². The Hall–Kier alpha value is -0.910. The van der Waals surface area contributed by atoms with Crippen LogP contribution in [0.3, 0.4) is 0 Å². The molecule has 0 radical (unpaired) electrons. The second-order valence-corrected chi connectivity index (χ2v) is 6.75. The molecule has 0 aromatic heterocycles. The zero-order valence-electron chi connectivity index (χ0n) is 12.4. The molecule has 116 valence electrons. The van der Waals surface area contributed by atoms with Crippen molar-refractivity contribution in [3.8, 4) is 0 Å². The summed E-state index contributed by atoms with van der Waals surface area (Å²) in [6.07, 6.45) is 7.38. The molecule has 0 spiro atoms. The molecule has 0 heterocycles. The first kappa shape index (κ1) is 17.1. The number of aliphatic carboxylic acids is 1. The number of nitrogens with one attached hydrogen (secondary N) is 2. The lowest BCUT2D eigenvalue weighted by atomic mass is 9.95. The molecule has 0 aliphatic heterocycles. The molecule has 0 bridgehead atoms. The van der Waals surface area contributed by atoms with E-state index in [9.17, 15) is 9.59 Å². The minimum absolute atomic E-state index is 0.126. The quantitative estimate of drug-likeness (QED) is 0.675. The van der Waals surface area contributed by atoms with Crippen molar-refractivity contribution < 1.29 is 14.7 Å². The average molecular weight is 302 g/mol. The lowest BCUT2D eigenvalue weighted by Crippen LogP contribution is -2.45. The molecule has 3 N–H and O–H groups in total. The fourth-order valence-electron chi connectivity index (χ4n) is 2.47. The number of carbonyl (C=O) groups is 2. The van der Waals surface area contributed by atoms with Crippen LogP contribution in [0.1, 0.15) is 45.4 Å². The van der Waals surface area contributed by atoms with Crippen molar-refractivity contribution in [2.24, 2.45) is 5.92 Å². The van der Waals surface area contributed by atoms with E-state index >= 15 is 0 Å². The molecule has 0 aromatic rings. The Morgan fingerprint density at radius 3 is 2.80 bits per heavy atom. The summed E-state index contributed by atoms with van der Waals surface area (Å²) in [4.78, 5) is 22.3. The molecule has 20 heavy (non-hydrogen) atoms. The molecule has 1 aliphatic rings. The summed E-state index contributed by atoms with van der Waals surface area (Å²) in [6, 6.07) is 0.148. The minimum Gasteiger partial charge on any atom is -0.481 e. The molecule has 1 rings (SSSR count). The van der Waals surface area contributed by atoms with Gasteiger partial charge in [-0.25, -0.2) is 4.79 Å². The normalized spacial score (nSPS) is 23.9. The molecule has 0 aromatic carbocycles. The van der Waals surface area contributed by atoms with Crippen molar-refractivity contribution in [1.29, 1.82) is 0 Å². The average Bonchev–Trinajstić information content (AvgIpc) is 2.43. The summed E-state index contributed by atoms with van der Waals surface area (Å²) >= 11 is 1.88. The van der Waals surface area contributed by atoms with Gasteiger partial charge in [-0.3, -0.25) is 4.79 Å². The van der Waals surface area contributed by atoms with E-state index in [1.165, 1.54) is 12.8 Å². The third-order valence-corrected chi connectivity index (χ3v) is 4.85. The van der Waals surface area contributed by atoms with Gasteiger partial charge in [0.1, 0.15) is 0 Å². The fraction of sp³-hybridized carbons (Fsp3) is 0.857. The standard InChI is InChI=1S/C14H26N2O3S/c1-10(6-7-13(17)18)9-15-14(19)16-11-4-3-5-12(8-11)20-2/h10-12H,3-9H2,1-2H3,(H,17,18)(H2,15,16,19). The van der Waals surface area contributed by atoms with Crippen LogP contribution in [0.2, 0.25) is 0 Å². The zero-order valence-corrected chi connectivity index (χ0v) is 13.2. The summed E-state index contributed by atoms with van der Waals surface area (Å²) in [5, 5.41) is 15.1. The lowest BCUT2D eigenvalue weighted by Gasteiger charge is -2.28. The van der Waals surface area contributed by atoms with Gasteiger partial charge in [0.2, 0.25) is 0 Å². The van der Waals surface area contributed by atoms with E-state index in [-0.39, 0.29) is 24.4 Å². The van der Waals surface area contributed by atoms with Crippen LogP contribution in [-0.2, 0) is 4.79 Å². The monoisotopic (exact) mass is 302 g/mol. The highest BCUT2D eigenvalue weighted by molar-refractivity contribution is 7.99. The van der Waals surface area contributed by atoms with Crippen LogP contribution in [0, 0.1) is 5.92 Å². The van der Waals surface area contributed by atoms with E-state index in [0.717, 1.165) is 12.8 Å². The lowest BCUT2D eigenvalue weighted by molar-refractivity contribution is -0.137. The third-order valence-electron chi connectivity index (χ3n) is 3.76. The van der Waals surface area contributed by atoms with Crippen LogP contribution in [0.15, 0.2) is 0 Å².